The van der Waals surface area contributed by atoms with Gasteiger partial charge in [-0.05, 0) is 76.0 Å². The van der Waals surface area contributed by atoms with Crippen molar-refractivity contribution < 1.29 is 17.3 Å². The maximum absolute atomic E-state index is 9.75. The van der Waals surface area contributed by atoms with Crippen LogP contribution in [0.15, 0.2) is 32.9 Å². The zero-order chi connectivity index (χ0) is 17.4. The standard InChI is InChI=1S/C18H27S.BF4/c1-4-10-16(11-5-1)19(17-12-6-2-7-13-17)18-14-8-3-9-15-18;2-1(3,4)5/h10,12,14H,1-9,11,13,15H2;/q+1;-1. The molecule has 0 saturated carbocycles. The molecule has 6 heteroatoms. The van der Waals surface area contributed by atoms with Gasteiger partial charge in [0.05, 0.1) is 10.9 Å². The summed E-state index contributed by atoms with van der Waals surface area (Å²) in [6.07, 6.45) is 24.4. The summed E-state index contributed by atoms with van der Waals surface area (Å²) in [6.45, 7) is 0. The minimum Gasteiger partial charge on any atom is -0.418 e. The second-order valence-electron chi connectivity index (χ2n) is 6.55. The quantitative estimate of drug-likeness (QED) is 0.281. The summed E-state index contributed by atoms with van der Waals surface area (Å²) in [6, 6.07) is 0. The van der Waals surface area contributed by atoms with Gasteiger partial charge in [-0.2, -0.15) is 0 Å². The van der Waals surface area contributed by atoms with Crippen LogP contribution in [0.5, 0.6) is 0 Å². The van der Waals surface area contributed by atoms with E-state index >= 15 is 0 Å². The fourth-order valence-corrected chi connectivity index (χ4v) is 6.40. The molecule has 136 valence electrons. The van der Waals surface area contributed by atoms with Crippen molar-refractivity contribution in [3.05, 3.63) is 32.9 Å². The number of rotatable bonds is 3. The first-order valence-electron chi connectivity index (χ1n) is 9.14. The Kier molecular flexibility index (Phi) is 7.98. The third kappa shape index (κ3) is 7.08. The lowest BCUT2D eigenvalue weighted by Gasteiger charge is -2.22. The third-order valence-corrected chi connectivity index (χ3v) is 7.22. The van der Waals surface area contributed by atoms with Gasteiger partial charge in [-0.25, -0.2) is 0 Å². The molecule has 0 N–H and O–H groups in total. The number of hydrogen-bond acceptors (Lipinski definition) is 0. The first-order valence-corrected chi connectivity index (χ1v) is 10.4. The highest BCUT2D eigenvalue weighted by Crippen LogP contribution is 2.41. The summed E-state index contributed by atoms with van der Waals surface area (Å²) >= 11 is 0. The van der Waals surface area contributed by atoms with E-state index in [2.05, 4.69) is 18.2 Å². The van der Waals surface area contributed by atoms with E-state index in [1.165, 1.54) is 77.0 Å². The van der Waals surface area contributed by atoms with E-state index in [-0.39, 0.29) is 0 Å². The van der Waals surface area contributed by atoms with Crippen LogP contribution in [0, 0.1) is 0 Å². The lowest BCUT2D eigenvalue weighted by molar-refractivity contribution is 0.368. The molecule has 0 fully saturated rings. The zero-order valence-corrected chi connectivity index (χ0v) is 15.0. The SMILES string of the molecule is C1=C([S+](C2=CCCCC2)C2=CCCCC2)CCCC1.F[B-](F)(F)F. The summed E-state index contributed by atoms with van der Waals surface area (Å²) in [5.74, 6) is 0. The van der Waals surface area contributed by atoms with Crippen LogP contribution in [0.2, 0.25) is 0 Å². The molecule has 0 saturated heterocycles. The Morgan fingerprint density at radius 3 is 1.08 bits per heavy atom. The van der Waals surface area contributed by atoms with Crippen molar-refractivity contribution >= 4 is 18.1 Å². The van der Waals surface area contributed by atoms with E-state index in [1.54, 1.807) is 14.7 Å². The molecule has 0 aliphatic heterocycles. The predicted molar refractivity (Wildman–Crippen MR) is 97.2 cm³/mol. The Bertz CT molecular complexity index is 426. The van der Waals surface area contributed by atoms with E-state index in [4.69, 9.17) is 0 Å². The molecule has 0 aromatic carbocycles. The summed E-state index contributed by atoms with van der Waals surface area (Å²) in [5.41, 5.74) is 0. The molecule has 0 nitrogen and oxygen atoms in total. The molecule has 0 aromatic heterocycles. The molecule has 24 heavy (non-hydrogen) atoms. The molecule has 0 heterocycles. The third-order valence-electron chi connectivity index (χ3n) is 4.53. The van der Waals surface area contributed by atoms with Gasteiger partial charge in [0.15, 0.2) is 0 Å². The minimum atomic E-state index is -6.00. The lowest BCUT2D eigenvalue weighted by Crippen LogP contribution is -2.16. The average Bonchev–Trinajstić information content (AvgIpc) is 2.57. The van der Waals surface area contributed by atoms with Crippen LogP contribution < -0.4 is 0 Å². The number of hydrogen-bond donors (Lipinski definition) is 0. The van der Waals surface area contributed by atoms with Gasteiger partial charge in [0.1, 0.15) is 14.7 Å². The molecule has 3 aliphatic rings. The normalized spacial score (nSPS) is 22.1. The van der Waals surface area contributed by atoms with E-state index in [0.29, 0.717) is 10.9 Å². The summed E-state index contributed by atoms with van der Waals surface area (Å²) < 4.78 is 39.0. The molecule has 3 rings (SSSR count). The molecule has 0 spiro atoms. The van der Waals surface area contributed by atoms with Crippen LogP contribution in [0.3, 0.4) is 0 Å². The molecule has 0 radical (unpaired) electrons. The van der Waals surface area contributed by atoms with Crippen LogP contribution in [0.4, 0.5) is 17.3 Å². The highest BCUT2D eigenvalue weighted by molar-refractivity contribution is 8.07. The van der Waals surface area contributed by atoms with E-state index < -0.39 is 7.25 Å². The minimum absolute atomic E-state index is 0.400. The van der Waals surface area contributed by atoms with Crippen LogP contribution >= 0.6 is 0 Å². The second kappa shape index (κ2) is 9.74. The highest BCUT2D eigenvalue weighted by Gasteiger charge is 2.36. The molecular weight excluding hydrogens is 335 g/mol. The smallest absolute Gasteiger partial charge is 0.418 e. The molecule has 0 aromatic rings. The van der Waals surface area contributed by atoms with Crippen molar-refractivity contribution in [2.45, 2.75) is 77.0 Å². The summed E-state index contributed by atoms with van der Waals surface area (Å²) in [7, 11) is -5.60. The monoisotopic (exact) mass is 362 g/mol. The van der Waals surface area contributed by atoms with Gasteiger partial charge >= 0.3 is 7.25 Å². The number of allylic oxidation sites excluding steroid dienone is 6. The predicted octanol–water partition coefficient (Wildman–Crippen LogP) is 7.28. The van der Waals surface area contributed by atoms with E-state index in [9.17, 15) is 17.3 Å². The topological polar surface area (TPSA) is 0 Å². The molecular formula is C18H27BF4S. The molecule has 0 atom stereocenters. The Hall–Kier alpha value is -0.645. The summed E-state index contributed by atoms with van der Waals surface area (Å²) in [5, 5.41) is 0. The van der Waals surface area contributed by atoms with Crippen molar-refractivity contribution in [2.24, 2.45) is 0 Å². The zero-order valence-electron chi connectivity index (χ0n) is 14.2. The van der Waals surface area contributed by atoms with Crippen LogP contribution in [0.25, 0.3) is 0 Å². The van der Waals surface area contributed by atoms with Gasteiger partial charge in [-0.3, -0.25) is 0 Å². The Balaban J connectivity index is 0.000000368. The Morgan fingerprint density at radius 2 is 0.875 bits per heavy atom. The maximum Gasteiger partial charge on any atom is 0.673 e. The fourth-order valence-electron chi connectivity index (χ4n) is 3.49. The van der Waals surface area contributed by atoms with Crippen LogP contribution in [-0.4, -0.2) is 7.25 Å². The molecule has 0 bridgehead atoms. The van der Waals surface area contributed by atoms with Crippen LogP contribution in [0.1, 0.15) is 77.0 Å². The second-order valence-corrected chi connectivity index (χ2v) is 8.74. The Morgan fingerprint density at radius 1 is 0.583 bits per heavy atom. The van der Waals surface area contributed by atoms with Gasteiger partial charge in [-0.1, -0.05) is 0 Å². The first-order chi connectivity index (χ1) is 11.4. The Labute approximate surface area is 145 Å². The molecule has 0 amide bonds. The van der Waals surface area contributed by atoms with E-state index in [0.717, 1.165) is 0 Å². The fraction of sp³-hybridized carbons (Fsp3) is 0.667. The van der Waals surface area contributed by atoms with Gasteiger partial charge in [0, 0.05) is 19.3 Å². The van der Waals surface area contributed by atoms with Gasteiger partial charge in [0.2, 0.25) is 0 Å². The lowest BCUT2D eigenvalue weighted by atomic mass is 10.1. The maximum atomic E-state index is 9.75. The van der Waals surface area contributed by atoms with Crippen molar-refractivity contribution in [2.75, 3.05) is 0 Å². The van der Waals surface area contributed by atoms with E-state index in [1.807, 2.05) is 0 Å². The van der Waals surface area contributed by atoms with Crippen molar-refractivity contribution in [3.8, 4) is 0 Å². The van der Waals surface area contributed by atoms with Crippen molar-refractivity contribution in [1.29, 1.82) is 0 Å². The average molecular weight is 362 g/mol. The van der Waals surface area contributed by atoms with Crippen molar-refractivity contribution in [3.63, 3.8) is 0 Å². The highest BCUT2D eigenvalue weighted by atomic mass is 32.2. The first kappa shape index (κ1) is 19.7. The van der Waals surface area contributed by atoms with Gasteiger partial charge in [0.25, 0.3) is 0 Å². The number of halogens is 4. The van der Waals surface area contributed by atoms with Crippen molar-refractivity contribution in [1.82, 2.24) is 0 Å². The molecule has 0 unspecified atom stereocenters. The summed E-state index contributed by atoms with van der Waals surface area (Å²) in [4.78, 5) is 5.40. The molecule has 3 aliphatic carbocycles. The van der Waals surface area contributed by atoms with Crippen LogP contribution in [-0.2, 0) is 10.9 Å². The van der Waals surface area contributed by atoms with Gasteiger partial charge < -0.3 is 17.3 Å². The van der Waals surface area contributed by atoms with Gasteiger partial charge in [-0.15, -0.1) is 0 Å². The largest absolute Gasteiger partial charge is 0.673 e.